The third-order valence-corrected chi connectivity index (χ3v) is 2.37. The minimum Gasteiger partial charge on any atom is -0.370 e. The van der Waals surface area contributed by atoms with Gasteiger partial charge in [0.15, 0.2) is 0 Å². The second kappa shape index (κ2) is 4.93. The molecule has 1 aromatic rings. The van der Waals surface area contributed by atoms with Gasteiger partial charge in [0.1, 0.15) is 0 Å². The number of carbonyl (C=O) groups excluding carboxylic acids is 1. The Labute approximate surface area is 101 Å². The van der Waals surface area contributed by atoms with Crippen molar-refractivity contribution in [2.75, 3.05) is 0 Å². The number of halogens is 4. The van der Waals surface area contributed by atoms with Crippen LogP contribution >= 0.6 is 11.6 Å². The van der Waals surface area contributed by atoms with Crippen LogP contribution in [0, 0.1) is 0 Å². The summed E-state index contributed by atoms with van der Waals surface area (Å²) in [7, 11) is 0. The van der Waals surface area contributed by atoms with Gasteiger partial charge in [0, 0.05) is 17.5 Å². The standard InChI is InChI=1S/C10H10ClF3N2O/c11-5-1-2-7(10(12,13)14)6(3-5)8(15)4-9(16)17/h1-3,8H,4,15H2,(H2,16,17). The highest BCUT2D eigenvalue weighted by Crippen LogP contribution is 2.36. The first-order valence-electron chi connectivity index (χ1n) is 4.62. The van der Waals surface area contributed by atoms with Crippen LogP contribution in [-0.4, -0.2) is 5.91 Å². The number of hydrogen-bond acceptors (Lipinski definition) is 2. The lowest BCUT2D eigenvalue weighted by atomic mass is 9.98. The van der Waals surface area contributed by atoms with E-state index in [1.54, 1.807) is 0 Å². The first-order valence-corrected chi connectivity index (χ1v) is 5.00. The van der Waals surface area contributed by atoms with Crippen LogP contribution < -0.4 is 11.5 Å². The summed E-state index contributed by atoms with van der Waals surface area (Å²) in [5.41, 5.74) is 9.26. The van der Waals surface area contributed by atoms with Gasteiger partial charge in [-0.25, -0.2) is 0 Å². The average Bonchev–Trinajstić information content (AvgIpc) is 2.14. The Balaban J connectivity index is 3.20. The van der Waals surface area contributed by atoms with Crippen LogP contribution in [-0.2, 0) is 11.0 Å². The third-order valence-electron chi connectivity index (χ3n) is 2.14. The van der Waals surface area contributed by atoms with Gasteiger partial charge < -0.3 is 11.5 Å². The second-order valence-corrected chi connectivity index (χ2v) is 3.94. The smallest absolute Gasteiger partial charge is 0.370 e. The van der Waals surface area contributed by atoms with Crippen molar-refractivity contribution in [3.05, 3.63) is 34.3 Å². The Kier molecular flexibility index (Phi) is 4.00. The maximum absolute atomic E-state index is 12.7. The molecule has 0 radical (unpaired) electrons. The summed E-state index contributed by atoms with van der Waals surface area (Å²) in [5, 5.41) is 0.118. The second-order valence-electron chi connectivity index (χ2n) is 3.51. The number of amides is 1. The summed E-state index contributed by atoms with van der Waals surface area (Å²) in [5.74, 6) is -0.773. The van der Waals surface area contributed by atoms with Crippen molar-refractivity contribution in [1.29, 1.82) is 0 Å². The fourth-order valence-corrected chi connectivity index (χ4v) is 1.61. The largest absolute Gasteiger partial charge is 0.416 e. The maximum Gasteiger partial charge on any atom is 0.416 e. The van der Waals surface area contributed by atoms with Gasteiger partial charge in [-0.15, -0.1) is 0 Å². The van der Waals surface area contributed by atoms with Gasteiger partial charge in [-0.2, -0.15) is 13.2 Å². The Bertz CT molecular complexity index is 434. The lowest BCUT2D eigenvalue weighted by molar-refractivity contribution is -0.138. The van der Waals surface area contributed by atoms with E-state index in [4.69, 9.17) is 23.1 Å². The Hall–Kier alpha value is -1.27. The van der Waals surface area contributed by atoms with Crippen LogP contribution in [0.25, 0.3) is 0 Å². The molecule has 94 valence electrons. The van der Waals surface area contributed by atoms with Gasteiger partial charge in [0.05, 0.1) is 5.56 Å². The zero-order valence-electron chi connectivity index (χ0n) is 8.59. The molecule has 17 heavy (non-hydrogen) atoms. The highest BCUT2D eigenvalue weighted by molar-refractivity contribution is 6.30. The zero-order valence-corrected chi connectivity index (χ0v) is 9.35. The Morgan fingerprint density at radius 1 is 1.41 bits per heavy atom. The summed E-state index contributed by atoms with van der Waals surface area (Å²) in [6.45, 7) is 0. The maximum atomic E-state index is 12.7. The first-order chi connectivity index (χ1) is 7.71. The number of carbonyl (C=O) groups is 1. The minimum absolute atomic E-state index is 0.118. The lowest BCUT2D eigenvalue weighted by Gasteiger charge is -2.17. The van der Waals surface area contributed by atoms with Gasteiger partial charge in [-0.05, 0) is 23.8 Å². The van der Waals surface area contributed by atoms with Crippen LogP contribution in [0.1, 0.15) is 23.6 Å². The molecule has 4 N–H and O–H groups in total. The Morgan fingerprint density at radius 3 is 2.47 bits per heavy atom. The first kappa shape index (κ1) is 13.8. The molecule has 0 fully saturated rings. The SMILES string of the molecule is NC(=O)CC(N)c1cc(Cl)ccc1C(F)(F)F. The van der Waals surface area contributed by atoms with E-state index in [9.17, 15) is 18.0 Å². The van der Waals surface area contributed by atoms with Crippen LogP contribution in [0.2, 0.25) is 5.02 Å². The van der Waals surface area contributed by atoms with Gasteiger partial charge in [-0.1, -0.05) is 11.6 Å². The van der Waals surface area contributed by atoms with Gasteiger partial charge in [0.2, 0.25) is 5.91 Å². The topological polar surface area (TPSA) is 69.1 Å². The van der Waals surface area contributed by atoms with Gasteiger partial charge >= 0.3 is 6.18 Å². The average molecular weight is 267 g/mol. The van der Waals surface area contributed by atoms with Crippen LogP contribution in [0.3, 0.4) is 0 Å². The van der Waals surface area contributed by atoms with Crippen LogP contribution in [0.5, 0.6) is 0 Å². The Morgan fingerprint density at radius 2 is 2.00 bits per heavy atom. The van der Waals surface area contributed by atoms with E-state index in [-0.39, 0.29) is 17.0 Å². The number of rotatable bonds is 3. The van der Waals surface area contributed by atoms with E-state index in [2.05, 4.69) is 0 Å². The van der Waals surface area contributed by atoms with Crippen molar-refractivity contribution in [2.24, 2.45) is 11.5 Å². The van der Waals surface area contributed by atoms with E-state index < -0.39 is 23.7 Å². The van der Waals surface area contributed by atoms with Crippen molar-refractivity contribution >= 4 is 17.5 Å². The molecular formula is C10H10ClF3N2O. The zero-order chi connectivity index (χ0) is 13.2. The van der Waals surface area contributed by atoms with E-state index in [1.165, 1.54) is 0 Å². The molecule has 0 aliphatic heterocycles. The van der Waals surface area contributed by atoms with E-state index in [0.717, 1.165) is 18.2 Å². The molecule has 0 aromatic heterocycles. The van der Waals surface area contributed by atoms with Crippen LogP contribution in [0.15, 0.2) is 18.2 Å². The predicted molar refractivity (Wildman–Crippen MR) is 57.2 cm³/mol. The van der Waals surface area contributed by atoms with Gasteiger partial charge in [0.25, 0.3) is 0 Å². The molecule has 1 unspecified atom stereocenters. The molecule has 7 heteroatoms. The molecule has 0 bridgehead atoms. The predicted octanol–water partition coefficient (Wildman–Crippen LogP) is 2.23. The summed E-state index contributed by atoms with van der Waals surface area (Å²) >= 11 is 5.61. The molecule has 1 amide bonds. The molecule has 0 spiro atoms. The lowest BCUT2D eigenvalue weighted by Crippen LogP contribution is -2.23. The summed E-state index contributed by atoms with van der Waals surface area (Å²) < 4.78 is 38.0. The van der Waals surface area contributed by atoms with Crippen LogP contribution in [0.4, 0.5) is 13.2 Å². The molecule has 1 atom stereocenters. The third kappa shape index (κ3) is 3.61. The van der Waals surface area contributed by atoms with Crippen molar-refractivity contribution < 1.29 is 18.0 Å². The van der Waals surface area contributed by atoms with Crippen molar-refractivity contribution in [2.45, 2.75) is 18.6 Å². The monoisotopic (exact) mass is 266 g/mol. The number of primary amides is 1. The van der Waals surface area contributed by atoms with E-state index >= 15 is 0 Å². The van der Waals surface area contributed by atoms with E-state index in [0.29, 0.717) is 0 Å². The highest BCUT2D eigenvalue weighted by Gasteiger charge is 2.34. The quantitative estimate of drug-likeness (QED) is 0.881. The molecule has 0 saturated heterocycles. The molecule has 0 heterocycles. The highest BCUT2D eigenvalue weighted by atomic mass is 35.5. The summed E-state index contributed by atoms with van der Waals surface area (Å²) in [4.78, 5) is 10.7. The molecule has 0 saturated carbocycles. The summed E-state index contributed by atoms with van der Waals surface area (Å²) in [6, 6.07) is 1.92. The van der Waals surface area contributed by atoms with Crippen molar-refractivity contribution in [3.8, 4) is 0 Å². The molecule has 0 aliphatic rings. The van der Waals surface area contributed by atoms with Crippen molar-refractivity contribution in [3.63, 3.8) is 0 Å². The summed E-state index contributed by atoms with van der Waals surface area (Å²) in [6.07, 6.45) is -4.92. The normalized spacial score (nSPS) is 13.5. The molecular weight excluding hydrogens is 257 g/mol. The van der Waals surface area contributed by atoms with E-state index in [1.807, 2.05) is 0 Å². The molecule has 0 aliphatic carbocycles. The number of alkyl halides is 3. The fourth-order valence-electron chi connectivity index (χ4n) is 1.43. The molecule has 1 rings (SSSR count). The van der Waals surface area contributed by atoms with Crippen molar-refractivity contribution in [1.82, 2.24) is 0 Å². The molecule has 3 nitrogen and oxygen atoms in total. The fraction of sp³-hybridized carbons (Fsp3) is 0.300. The number of benzene rings is 1. The number of nitrogens with two attached hydrogens (primary N) is 2. The van der Waals surface area contributed by atoms with Gasteiger partial charge in [-0.3, -0.25) is 4.79 Å². The number of hydrogen-bond donors (Lipinski definition) is 2. The minimum atomic E-state index is -4.55. The molecule has 1 aromatic carbocycles.